The maximum absolute atomic E-state index is 12.6. The van der Waals surface area contributed by atoms with E-state index in [2.05, 4.69) is 20.6 Å². The number of rotatable bonds is 6. The Balaban J connectivity index is 1.30. The number of hydrogen-bond acceptors (Lipinski definition) is 6. The van der Waals surface area contributed by atoms with Crippen molar-refractivity contribution in [1.82, 2.24) is 20.2 Å². The van der Waals surface area contributed by atoms with Crippen molar-refractivity contribution in [2.75, 3.05) is 11.9 Å². The first-order valence-electron chi connectivity index (χ1n) is 10.4. The molecule has 1 aromatic carbocycles. The van der Waals surface area contributed by atoms with E-state index >= 15 is 0 Å². The normalized spacial score (nSPS) is 17.3. The van der Waals surface area contributed by atoms with Gasteiger partial charge in [0.05, 0.1) is 0 Å². The van der Waals surface area contributed by atoms with E-state index in [1.807, 2.05) is 44.2 Å². The van der Waals surface area contributed by atoms with Crippen LogP contribution < -0.4 is 10.6 Å². The van der Waals surface area contributed by atoms with E-state index in [9.17, 15) is 14.4 Å². The van der Waals surface area contributed by atoms with Gasteiger partial charge in [-0.1, -0.05) is 12.8 Å². The summed E-state index contributed by atoms with van der Waals surface area (Å²) >= 11 is 1.46. The van der Waals surface area contributed by atoms with Gasteiger partial charge in [-0.15, -0.1) is 0 Å². The van der Waals surface area contributed by atoms with Crippen molar-refractivity contribution in [3.63, 3.8) is 0 Å². The van der Waals surface area contributed by atoms with Crippen molar-refractivity contribution in [2.24, 2.45) is 0 Å². The van der Waals surface area contributed by atoms with Crippen LogP contribution in [0.2, 0.25) is 0 Å². The van der Waals surface area contributed by atoms with Gasteiger partial charge < -0.3 is 10.6 Å². The van der Waals surface area contributed by atoms with Crippen LogP contribution in [0.25, 0.3) is 0 Å². The molecule has 162 valence electrons. The lowest BCUT2D eigenvalue weighted by Crippen LogP contribution is -2.44. The van der Waals surface area contributed by atoms with E-state index in [0.29, 0.717) is 23.7 Å². The molecule has 2 heterocycles. The Bertz CT molecular complexity index is 998. The van der Waals surface area contributed by atoms with Crippen molar-refractivity contribution in [3.05, 3.63) is 41.7 Å². The van der Waals surface area contributed by atoms with Gasteiger partial charge in [-0.3, -0.25) is 14.5 Å². The molecule has 1 aliphatic carbocycles. The Kier molecular flexibility index (Phi) is 5.95. The van der Waals surface area contributed by atoms with Gasteiger partial charge in [-0.2, -0.15) is 0 Å². The van der Waals surface area contributed by atoms with Crippen LogP contribution in [0.5, 0.6) is 0 Å². The molecule has 2 N–H and O–H groups in total. The highest BCUT2D eigenvalue weighted by Crippen LogP contribution is 2.35. The molecule has 2 aromatic rings. The number of hydrogen-bond donors (Lipinski definition) is 2. The summed E-state index contributed by atoms with van der Waals surface area (Å²) in [5.74, 6) is -0.441. The summed E-state index contributed by atoms with van der Waals surface area (Å²) < 4.78 is 0. The van der Waals surface area contributed by atoms with Crippen molar-refractivity contribution in [3.8, 4) is 0 Å². The molecule has 31 heavy (non-hydrogen) atoms. The molecule has 0 bridgehead atoms. The second-order valence-corrected chi connectivity index (χ2v) is 9.07. The number of imide groups is 1. The van der Waals surface area contributed by atoms with Crippen LogP contribution in [0, 0.1) is 13.8 Å². The van der Waals surface area contributed by atoms with Gasteiger partial charge in [0.1, 0.15) is 5.54 Å². The molecule has 4 rings (SSSR count). The predicted octanol–water partition coefficient (Wildman–Crippen LogP) is 3.44. The zero-order valence-corrected chi connectivity index (χ0v) is 18.4. The number of nitrogens with one attached hydrogen (secondary N) is 2. The van der Waals surface area contributed by atoms with Crippen LogP contribution in [0.1, 0.15) is 43.5 Å². The number of amides is 4. The van der Waals surface area contributed by atoms with Crippen molar-refractivity contribution in [2.45, 2.75) is 61.5 Å². The molecule has 1 aromatic heterocycles. The SMILES string of the molecule is Cc1cc(C)nc(Sc2ccc(NC(=O)CCN3C(=O)NC4(CCCC4)C3=O)cc2)n1. The second-order valence-electron chi connectivity index (χ2n) is 8.03. The van der Waals surface area contributed by atoms with Gasteiger partial charge in [0.2, 0.25) is 5.91 Å². The molecule has 0 unspecified atom stereocenters. The zero-order valence-electron chi connectivity index (χ0n) is 17.6. The molecule has 9 heteroatoms. The molecule has 4 amide bonds. The van der Waals surface area contributed by atoms with E-state index in [-0.39, 0.29) is 24.8 Å². The maximum Gasteiger partial charge on any atom is 0.325 e. The number of carbonyl (C=O) groups excluding carboxylic acids is 3. The molecule has 0 radical (unpaired) electrons. The van der Waals surface area contributed by atoms with Gasteiger partial charge in [-0.05, 0) is 68.8 Å². The number of anilines is 1. The lowest BCUT2D eigenvalue weighted by molar-refractivity contribution is -0.131. The summed E-state index contributed by atoms with van der Waals surface area (Å²) in [5, 5.41) is 6.33. The molecule has 2 aliphatic rings. The van der Waals surface area contributed by atoms with Crippen LogP contribution in [0.3, 0.4) is 0 Å². The Labute approximate surface area is 185 Å². The van der Waals surface area contributed by atoms with E-state index < -0.39 is 11.6 Å². The lowest BCUT2D eigenvalue weighted by atomic mass is 9.98. The lowest BCUT2D eigenvalue weighted by Gasteiger charge is -2.19. The highest BCUT2D eigenvalue weighted by Gasteiger charge is 2.52. The second kappa shape index (κ2) is 8.66. The fourth-order valence-electron chi connectivity index (χ4n) is 4.08. The fraction of sp³-hybridized carbons (Fsp3) is 0.409. The minimum Gasteiger partial charge on any atom is -0.326 e. The van der Waals surface area contributed by atoms with Gasteiger partial charge in [-0.25, -0.2) is 14.8 Å². The predicted molar refractivity (Wildman–Crippen MR) is 117 cm³/mol. The Morgan fingerprint density at radius 2 is 1.77 bits per heavy atom. The van der Waals surface area contributed by atoms with Crippen LogP contribution in [-0.2, 0) is 9.59 Å². The first-order chi connectivity index (χ1) is 14.8. The van der Waals surface area contributed by atoms with Crippen molar-refractivity contribution in [1.29, 1.82) is 0 Å². The van der Waals surface area contributed by atoms with E-state index in [1.165, 1.54) is 16.7 Å². The fourth-order valence-corrected chi connectivity index (χ4v) is 4.95. The Hall–Kier alpha value is -2.94. The number of benzene rings is 1. The average molecular weight is 440 g/mol. The summed E-state index contributed by atoms with van der Waals surface area (Å²) in [6, 6.07) is 8.93. The monoisotopic (exact) mass is 439 g/mol. The highest BCUT2D eigenvalue weighted by molar-refractivity contribution is 7.99. The van der Waals surface area contributed by atoms with Crippen LogP contribution in [0.4, 0.5) is 10.5 Å². The van der Waals surface area contributed by atoms with Gasteiger partial charge >= 0.3 is 6.03 Å². The van der Waals surface area contributed by atoms with Crippen LogP contribution >= 0.6 is 11.8 Å². The van der Waals surface area contributed by atoms with Gasteiger partial charge in [0.15, 0.2) is 5.16 Å². The number of urea groups is 1. The number of nitrogens with zero attached hydrogens (tertiary/aromatic N) is 3. The molecule has 8 nitrogen and oxygen atoms in total. The highest BCUT2D eigenvalue weighted by atomic mass is 32.2. The van der Waals surface area contributed by atoms with Crippen molar-refractivity contribution < 1.29 is 14.4 Å². The van der Waals surface area contributed by atoms with Crippen molar-refractivity contribution >= 4 is 35.3 Å². The quantitative estimate of drug-likeness (QED) is 0.528. The van der Waals surface area contributed by atoms with Crippen LogP contribution in [0.15, 0.2) is 40.4 Å². The molecule has 1 saturated carbocycles. The number of carbonyl (C=O) groups is 3. The molecule has 1 spiro atoms. The summed E-state index contributed by atoms with van der Waals surface area (Å²) in [5.41, 5.74) is 1.76. The first kappa shape index (κ1) is 21.3. The van der Waals surface area contributed by atoms with Gasteiger partial charge in [0, 0.05) is 34.9 Å². The molecular formula is C22H25N5O3S. The number of aromatic nitrogens is 2. The molecule has 2 fully saturated rings. The Morgan fingerprint density at radius 1 is 1.13 bits per heavy atom. The van der Waals surface area contributed by atoms with E-state index in [4.69, 9.17) is 0 Å². The summed E-state index contributed by atoms with van der Waals surface area (Å²) in [4.78, 5) is 48.1. The third-order valence-corrected chi connectivity index (χ3v) is 6.45. The maximum atomic E-state index is 12.6. The smallest absolute Gasteiger partial charge is 0.325 e. The van der Waals surface area contributed by atoms with E-state index in [0.717, 1.165) is 29.1 Å². The third kappa shape index (κ3) is 4.71. The van der Waals surface area contributed by atoms with E-state index in [1.54, 1.807) is 0 Å². The summed E-state index contributed by atoms with van der Waals surface area (Å²) in [6.45, 7) is 3.95. The Morgan fingerprint density at radius 3 is 2.42 bits per heavy atom. The topological polar surface area (TPSA) is 104 Å². The van der Waals surface area contributed by atoms with Gasteiger partial charge in [0.25, 0.3) is 5.91 Å². The molecular weight excluding hydrogens is 414 g/mol. The average Bonchev–Trinajstić information content (AvgIpc) is 3.26. The minimum absolute atomic E-state index is 0.0577. The zero-order chi connectivity index (χ0) is 22.0. The minimum atomic E-state index is -0.736. The first-order valence-corrected chi connectivity index (χ1v) is 11.2. The summed E-state index contributed by atoms with van der Waals surface area (Å²) in [6.07, 6.45) is 3.28. The number of aryl methyl sites for hydroxylation is 2. The molecule has 0 atom stereocenters. The molecule has 1 saturated heterocycles. The molecule has 1 aliphatic heterocycles. The largest absolute Gasteiger partial charge is 0.326 e. The standard InChI is InChI=1S/C22H25N5O3S/c1-14-13-15(2)24-20(23-14)31-17-7-5-16(6-8-17)25-18(28)9-12-27-19(29)22(26-21(27)30)10-3-4-11-22/h5-8,13H,3-4,9-12H2,1-2H3,(H,25,28)(H,26,30). The third-order valence-electron chi connectivity index (χ3n) is 5.57. The summed E-state index contributed by atoms with van der Waals surface area (Å²) in [7, 11) is 0. The van der Waals surface area contributed by atoms with Crippen LogP contribution in [-0.4, -0.2) is 44.8 Å².